The second-order valence-corrected chi connectivity index (χ2v) is 9.11. The SMILES string of the molecule is COc1ccc(F)cc1Nc1cc2c3c(c1)[C@@H]1CNCC[C@@H]1N3CCOC2.O=C(C(=O)C(F)(F)F)C(F)(F)F. The van der Waals surface area contributed by atoms with Crippen LogP contribution >= 0.6 is 0 Å². The lowest BCUT2D eigenvalue weighted by molar-refractivity contribution is -0.193. The zero-order chi connectivity index (χ0) is 28.5. The van der Waals surface area contributed by atoms with Gasteiger partial charge in [0, 0.05) is 48.1 Å². The highest BCUT2D eigenvalue weighted by molar-refractivity contribution is 6.41. The quantitative estimate of drug-likeness (QED) is 0.415. The van der Waals surface area contributed by atoms with Crippen molar-refractivity contribution in [3.8, 4) is 5.75 Å². The van der Waals surface area contributed by atoms with Crippen molar-refractivity contribution in [2.45, 2.75) is 37.3 Å². The molecule has 2 aromatic rings. The minimum atomic E-state index is -5.77. The third-order valence-electron chi connectivity index (χ3n) is 6.65. The van der Waals surface area contributed by atoms with Crippen molar-refractivity contribution in [3.63, 3.8) is 0 Å². The van der Waals surface area contributed by atoms with Gasteiger partial charge in [-0.25, -0.2) is 4.39 Å². The van der Waals surface area contributed by atoms with Crippen molar-refractivity contribution in [2.24, 2.45) is 0 Å². The van der Waals surface area contributed by atoms with Crippen LogP contribution < -0.4 is 20.3 Å². The average molecular weight is 563 g/mol. The number of nitrogens with one attached hydrogen (secondary N) is 2. The maximum absolute atomic E-state index is 13.8. The summed E-state index contributed by atoms with van der Waals surface area (Å²) in [6, 6.07) is 9.42. The number of hydrogen-bond acceptors (Lipinski definition) is 7. The summed E-state index contributed by atoms with van der Waals surface area (Å²) in [4.78, 5) is 21.8. The van der Waals surface area contributed by atoms with Crippen LogP contribution in [0.1, 0.15) is 23.5 Å². The largest absolute Gasteiger partial charge is 0.495 e. The van der Waals surface area contributed by atoms with Crippen LogP contribution in [0.25, 0.3) is 0 Å². The molecule has 14 heteroatoms. The molecule has 0 aliphatic carbocycles. The van der Waals surface area contributed by atoms with Gasteiger partial charge in [0.15, 0.2) is 0 Å². The van der Waals surface area contributed by atoms with Crippen molar-refractivity contribution < 1.29 is 49.8 Å². The Morgan fingerprint density at radius 1 is 1.08 bits per heavy atom. The average Bonchev–Trinajstić information content (AvgIpc) is 3.02. The Labute approximate surface area is 218 Å². The van der Waals surface area contributed by atoms with Crippen LogP contribution in [0, 0.1) is 5.82 Å². The summed E-state index contributed by atoms with van der Waals surface area (Å²) in [6.45, 7) is 4.38. The van der Waals surface area contributed by atoms with Gasteiger partial charge in [-0.2, -0.15) is 26.3 Å². The molecule has 2 N–H and O–H groups in total. The lowest BCUT2D eigenvalue weighted by Crippen LogP contribution is -2.44. The van der Waals surface area contributed by atoms with E-state index in [0.29, 0.717) is 30.0 Å². The molecular weight excluding hydrogens is 539 g/mol. The molecule has 212 valence electrons. The summed E-state index contributed by atoms with van der Waals surface area (Å²) >= 11 is 0. The van der Waals surface area contributed by atoms with Gasteiger partial charge in [0.05, 0.1) is 26.0 Å². The molecule has 0 bridgehead atoms. The number of ketones is 2. The molecule has 2 atom stereocenters. The first-order valence-corrected chi connectivity index (χ1v) is 11.9. The molecule has 7 nitrogen and oxygen atoms in total. The summed E-state index contributed by atoms with van der Waals surface area (Å²) in [7, 11) is 1.60. The number of carbonyl (C=O) groups is 2. The highest BCUT2D eigenvalue weighted by Gasteiger charge is 2.54. The molecule has 5 rings (SSSR count). The van der Waals surface area contributed by atoms with Gasteiger partial charge in [-0.05, 0) is 42.8 Å². The van der Waals surface area contributed by atoms with E-state index in [1.807, 2.05) is 0 Å². The number of ether oxygens (including phenoxy) is 2. The minimum absolute atomic E-state index is 0.288. The van der Waals surface area contributed by atoms with E-state index in [0.717, 1.165) is 38.3 Å². The first-order valence-electron chi connectivity index (χ1n) is 11.9. The number of Topliss-reactive ketones (excluding diaryl/α,β-unsaturated/α-hetero) is 2. The third-order valence-corrected chi connectivity index (χ3v) is 6.65. The van der Waals surface area contributed by atoms with E-state index < -0.39 is 23.9 Å². The molecule has 0 aromatic heterocycles. The van der Waals surface area contributed by atoms with Crippen LogP contribution in [0.3, 0.4) is 0 Å². The third kappa shape index (κ3) is 6.11. The normalized spacial score (nSPS) is 20.2. The first-order chi connectivity index (χ1) is 18.3. The highest BCUT2D eigenvalue weighted by Crippen LogP contribution is 2.48. The number of fused-ring (bicyclic) bond motifs is 3. The van der Waals surface area contributed by atoms with E-state index >= 15 is 0 Å². The summed E-state index contributed by atoms with van der Waals surface area (Å²) < 4.78 is 92.0. The fraction of sp³-hybridized carbons (Fsp3) is 0.440. The van der Waals surface area contributed by atoms with E-state index in [1.54, 1.807) is 13.2 Å². The van der Waals surface area contributed by atoms with Crippen LogP contribution in [0.4, 0.5) is 47.8 Å². The van der Waals surface area contributed by atoms with Gasteiger partial charge >= 0.3 is 23.9 Å². The maximum Gasteiger partial charge on any atom is 0.458 e. The highest BCUT2D eigenvalue weighted by atomic mass is 19.4. The number of anilines is 3. The fourth-order valence-electron chi connectivity index (χ4n) is 5.05. The topological polar surface area (TPSA) is 79.9 Å². The van der Waals surface area contributed by atoms with Gasteiger partial charge in [-0.3, -0.25) is 9.59 Å². The number of hydrogen-bond donors (Lipinski definition) is 2. The second-order valence-electron chi connectivity index (χ2n) is 9.11. The zero-order valence-corrected chi connectivity index (χ0v) is 20.5. The van der Waals surface area contributed by atoms with Gasteiger partial charge in [0.25, 0.3) is 0 Å². The summed E-state index contributed by atoms with van der Waals surface area (Å²) in [5.41, 5.74) is 5.50. The Balaban J connectivity index is 0.000000251. The molecule has 0 saturated carbocycles. The van der Waals surface area contributed by atoms with Gasteiger partial charge < -0.3 is 25.0 Å². The number of alkyl halides is 6. The molecule has 0 unspecified atom stereocenters. The zero-order valence-electron chi connectivity index (χ0n) is 20.5. The van der Waals surface area contributed by atoms with Crippen molar-refractivity contribution in [1.82, 2.24) is 5.32 Å². The second kappa shape index (κ2) is 11.0. The molecule has 1 saturated heterocycles. The van der Waals surface area contributed by atoms with Crippen LogP contribution in [-0.2, 0) is 20.9 Å². The molecule has 0 amide bonds. The van der Waals surface area contributed by atoms with E-state index in [2.05, 4.69) is 27.7 Å². The van der Waals surface area contributed by atoms with Crippen molar-refractivity contribution in [1.29, 1.82) is 0 Å². The van der Waals surface area contributed by atoms with Crippen LogP contribution in [-0.4, -0.2) is 63.3 Å². The van der Waals surface area contributed by atoms with Crippen LogP contribution in [0.5, 0.6) is 5.75 Å². The molecule has 0 spiro atoms. The lowest BCUT2D eigenvalue weighted by Gasteiger charge is -2.33. The monoisotopic (exact) mass is 563 g/mol. The molecule has 3 aliphatic heterocycles. The summed E-state index contributed by atoms with van der Waals surface area (Å²) in [6.07, 6.45) is -10.4. The number of benzene rings is 2. The number of halogens is 7. The van der Waals surface area contributed by atoms with Crippen molar-refractivity contribution in [2.75, 3.05) is 43.6 Å². The summed E-state index contributed by atoms with van der Waals surface area (Å²) in [5.74, 6) is -5.99. The Morgan fingerprint density at radius 3 is 2.41 bits per heavy atom. The first kappa shape index (κ1) is 28.6. The number of nitrogens with zero attached hydrogens (tertiary/aromatic N) is 1. The van der Waals surface area contributed by atoms with Gasteiger partial charge in [-0.1, -0.05) is 0 Å². The molecule has 39 heavy (non-hydrogen) atoms. The lowest BCUT2D eigenvalue weighted by atomic mass is 9.89. The Bertz CT molecular complexity index is 1230. The Kier molecular flexibility index (Phi) is 8.07. The van der Waals surface area contributed by atoms with Crippen LogP contribution in [0.2, 0.25) is 0 Å². The van der Waals surface area contributed by atoms with Gasteiger partial charge in [0.1, 0.15) is 11.6 Å². The molecule has 0 radical (unpaired) electrons. The molecule has 1 fully saturated rings. The number of carbonyl (C=O) groups excluding carboxylic acids is 2. The Morgan fingerprint density at radius 2 is 1.77 bits per heavy atom. The Hall–Kier alpha value is -3.39. The number of rotatable bonds is 4. The van der Waals surface area contributed by atoms with Gasteiger partial charge in [-0.15, -0.1) is 0 Å². The minimum Gasteiger partial charge on any atom is -0.495 e. The standard InChI is InChI=1S/C21H24FN3O2.C4F6O2/c1-26-20-3-2-14(22)9-18(20)24-15-8-13-12-27-7-6-25-19-4-5-23-11-17(19)16(10-15)21(13)25;5-3(6,7)1(11)2(12)4(8,9)10/h2-3,8-10,17,19,23-24H,4-7,11-12H2,1H3;/t17-,19-;/m0./s1. The number of methoxy groups -OCH3 is 1. The van der Waals surface area contributed by atoms with E-state index in [-0.39, 0.29) is 5.82 Å². The summed E-state index contributed by atoms with van der Waals surface area (Å²) in [5, 5.41) is 6.91. The maximum atomic E-state index is 13.8. The van der Waals surface area contributed by atoms with E-state index in [1.165, 1.54) is 28.9 Å². The predicted octanol–water partition coefficient (Wildman–Crippen LogP) is 4.62. The van der Waals surface area contributed by atoms with E-state index in [4.69, 9.17) is 9.47 Å². The van der Waals surface area contributed by atoms with Crippen LogP contribution in [0.15, 0.2) is 30.3 Å². The van der Waals surface area contributed by atoms with Crippen molar-refractivity contribution >= 4 is 28.6 Å². The predicted molar refractivity (Wildman–Crippen MR) is 126 cm³/mol. The number of piperidine rings is 1. The fourth-order valence-corrected chi connectivity index (χ4v) is 5.05. The molecule has 3 heterocycles. The molecule has 3 aliphatic rings. The van der Waals surface area contributed by atoms with E-state index in [9.17, 15) is 40.3 Å². The smallest absolute Gasteiger partial charge is 0.458 e. The van der Waals surface area contributed by atoms with Crippen molar-refractivity contribution in [3.05, 3.63) is 47.3 Å². The molecular formula is C25H24F7N3O4. The van der Waals surface area contributed by atoms with Gasteiger partial charge in [0.2, 0.25) is 0 Å². The molecule has 2 aromatic carbocycles.